The summed E-state index contributed by atoms with van der Waals surface area (Å²) >= 11 is 11.9. The zero-order chi connectivity index (χ0) is 22.4. The van der Waals surface area contributed by atoms with Crippen LogP contribution in [0.1, 0.15) is 33.6 Å². The number of nitrogens with zero attached hydrogens (tertiary/aromatic N) is 2. The molecular weight excluding hydrogens is 431 g/mol. The molecule has 2 rings (SSSR count). The molecule has 0 aliphatic heterocycles. The molecular formula is C20H26Cl2N4O4. The first kappa shape index (κ1) is 23.8. The van der Waals surface area contributed by atoms with Crippen LogP contribution in [0.3, 0.4) is 0 Å². The summed E-state index contributed by atoms with van der Waals surface area (Å²) in [5, 5.41) is 0.664. The van der Waals surface area contributed by atoms with E-state index in [0.29, 0.717) is 28.8 Å². The molecule has 0 radical (unpaired) electrons. The Labute approximate surface area is 184 Å². The number of benzene rings is 1. The molecule has 1 amide bonds. The first-order chi connectivity index (χ1) is 14.1. The van der Waals surface area contributed by atoms with Gasteiger partial charge in [-0.2, -0.15) is 0 Å². The van der Waals surface area contributed by atoms with Gasteiger partial charge in [-0.25, -0.2) is 4.79 Å². The molecule has 0 fully saturated rings. The van der Waals surface area contributed by atoms with Gasteiger partial charge in [0, 0.05) is 19.2 Å². The molecule has 0 unspecified atom stereocenters. The van der Waals surface area contributed by atoms with Crippen molar-refractivity contribution in [2.24, 2.45) is 5.92 Å². The smallest absolute Gasteiger partial charge is 0.330 e. The van der Waals surface area contributed by atoms with Crippen LogP contribution in [-0.2, 0) is 11.3 Å². The minimum absolute atomic E-state index is 0.0450. The number of ether oxygens (including phenoxy) is 1. The molecule has 164 valence electrons. The van der Waals surface area contributed by atoms with Gasteiger partial charge in [-0.1, -0.05) is 50.4 Å². The van der Waals surface area contributed by atoms with Crippen LogP contribution in [0.4, 0.5) is 11.5 Å². The number of amides is 1. The molecule has 10 heteroatoms. The average molecular weight is 457 g/mol. The van der Waals surface area contributed by atoms with Crippen LogP contribution in [0.25, 0.3) is 0 Å². The Hall–Kier alpha value is -2.45. The van der Waals surface area contributed by atoms with Crippen LogP contribution >= 0.6 is 23.2 Å². The first-order valence-electron chi connectivity index (χ1n) is 9.66. The lowest BCUT2D eigenvalue weighted by atomic mass is 10.2. The topological polar surface area (TPSA) is 110 Å². The van der Waals surface area contributed by atoms with Crippen LogP contribution in [-0.4, -0.2) is 28.6 Å². The second kappa shape index (κ2) is 10.5. The van der Waals surface area contributed by atoms with Gasteiger partial charge in [-0.15, -0.1) is 0 Å². The first-order valence-corrected chi connectivity index (χ1v) is 10.4. The number of hydrogen-bond donors (Lipinski definition) is 2. The van der Waals surface area contributed by atoms with Crippen molar-refractivity contribution < 1.29 is 9.53 Å². The number of rotatable bonds is 9. The fraction of sp³-hybridized carbons (Fsp3) is 0.450. The molecule has 2 aromatic rings. The number of carbonyl (C=O) groups excluding carboxylic acids is 1. The molecule has 8 nitrogen and oxygen atoms in total. The van der Waals surface area contributed by atoms with Gasteiger partial charge in [0.25, 0.3) is 11.5 Å². The number of hydrogen-bond acceptors (Lipinski definition) is 5. The van der Waals surface area contributed by atoms with E-state index in [9.17, 15) is 14.4 Å². The van der Waals surface area contributed by atoms with Crippen LogP contribution in [0, 0.1) is 5.92 Å². The van der Waals surface area contributed by atoms with Crippen molar-refractivity contribution >= 4 is 40.6 Å². The molecule has 1 aromatic carbocycles. The molecule has 0 aliphatic carbocycles. The van der Waals surface area contributed by atoms with E-state index in [1.807, 2.05) is 20.8 Å². The normalized spacial score (nSPS) is 11.0. The third-order valence-corrected chi connectivity index (χ3v) is 5.06. The number of nitrogens with two attached hydrogens (primary N) is 1. The van der Waals surface area contributed by atoms with Gasteiger partial charge in [0.2, 0.25) is 0 Å². The summed E-state index contributed by atoms with van der Waals surface area (Å²) in [5.74, 6) is -0.0423. The lowest BCUT2D eigenvalue weighted by Gasteiger charge is -2.25. The Balaban J connectivity index is 2.36. The number of aromatic amines is 1. The number of carbonyl (C=O) groups is 1. The fourth-order valence-electron chi connectivity index (χ4n) is 2.85. The lowest BCUT2D eigenvalue weighted by Crippen LogP contribution is -2.43. The van der Waals surface area contributed by atoms with E-state index in [1.54, 1.807) is 12.1 Å². The van der Waals surface area contributed by atoms with Crippen molar-refractivity contribution in [2.75, 3.05) is 23.8 Å². The molecule has 1 aromatic heterocycles. The van der Waals surface area contributed by atoms with Crippen LogP contribution in [0.5, 0.6) is 5.75 Å². The number of halogens is 2. The van der Waals surface area contributed by atoms with Crippen molar-refractivity contribution in [2.45, 2.75) is 40.2 Å². The van der Waals surface area contributed by atoms with Crippen molar-refractivity contribution in [1.29, 1.82) is 0 Å². The number of aromatic nitrogens is 2. The van der Waals surface area contributed by atoms with Crippen LogP contribution < -0.4 is 26.6 Å². The SMILES string of the molecule is CCCCN(C(=O)COc1ccc(Cl)c(Cl)c1)c1c(N)n(CC(C)C)c(=O)[nH]c1=O. The Morgan fingerprint density at radius 3 is 2.57 bits per heavy atom. The summed E-state index contributed by atoms with van der Waals surface area (Å²) in [6.45, 7) is 6.02. The Morgan fingerprint density at radius 1 is 1.27 bits per heavy atom. The molecule has 0 atom stereocenters. The summed E-state index contributed by atoms with van der Waals surface area (Å²) in [5.41, 5.74) is 4.80. The predicted octanol–water partition coefficient (Wildman–Crippen LogP) is 3.29. The second-order valence-corrected chi connectivity index (χ2v) is 8.08. The molecule has 3 N–H and O–H groups in total. The van der Waals surface area contributed by atoms with Gasteiger partial charge in [0.05, 0.1) is 10.0 Å². The largest absolute Gasteiger partial charge is 0.484 e. The number of nitrogen functional groups attached to an aromatic ring is 1. The van der Waals surface area contributed by atoms with Crippen molar-refractivity contribution in [3.63, 3.8) is 0 Å². The summed E-state index contributed by atoms with van der Waals surface area (Å²) < 4.78 is 6.80. The zero-order valence-corrected chi connectivity index (χ0v) is 18.7. The maximum Gasteiger partial charge on any atom is 0.330 e. The average Bonchev–Trinajstić information content (AvgIpc) is 2.68. The quantitative estimate of drug-likeness (QED) is 0.601. The Morgan fingerprint density at radius 2 is 1.97 bits per heavy atom. The van der Waals surface area contributed by atoms with Gasteiger partial charge in [-0.05, 0) is 24.5 Å². The van der Waals surface area contributed by atoms with E-state index < -0.39 is 17.2 Å². The zero-order valence-electron chi connectivity index (χ0n) is 17.2. The Bertz CT molecular complexity index is 1020. The van der Waals surface area contributed by atoms with Gasteiger partial charge in [0.1, 0.15) is 11.6 Å². The van der Waals surface area contributed by atoms with E-state index in [2.05, 4.69) is 4.98 Å². The van der Waals surface area contributed by atoms with Gasteiger partial charge in [-0.3, -0.25) is 19.1 Å². The molecule has 0 spiro atoms. The van der Waals surface area contributed by atoms with Gasteiger partial charge >= 0.3 is 5.69 Å². The molecule has 1 heterocycles. The van der Waals surface area contributed by atoms with Crippen LogP contribution in [0.2, 0.25) is 10.0 Å². The summed E-state index contributed by atoms with van der Waals surface area (Å²) in [6.07, 6.45) is 1.43. The van der Waals surface area contributed by atoms with E-state index >= 15 is 0 Å². The highest BCUT2D eigenvalue weighted by molar-refractivity contribution is 6.42. The standard InChI is InChI=1S/C20H26Cl2N4O4/c1-4-5-8-25(16(27)11-30-13-6-7-14(21)15(22)9-13)17-18(23)26(10-12(2)3)20(29)24-19(17)28/h6-7,9,12H,4-5,8,10-11,23H2,1-3H3,(H,24,28,29). The molecule has 0 saturated heterocycles. The number of anilines is 2. The Kier molecular flexibility index (Phi) is 8.37. The van der Waals surface area contributed by atoms with Gasteiger partial charge in [0.15, 0.2) is 12.3 Å². The third kappa shape index (κ3) is 5.79. The highest BCUT2D eigenvalue weighted by Crippen LogP contribution is 2.26. The van der Waals surface area contributed by atoms with E-state index in [0.717, 1.165) is 6.42 Å². The maximum atomic E-state index is 12.9. The van der Waals surface area contributed by atoms with Crippen molar-refractivity contribution in [3.05, 3.63) is 49.1 Å². The van der Waals surface area contributed by atoms with Crippen molar-refractivity contribution in [1.82, 2.24) is 9.55 Å². The number of H-pyrrole nitrogens is 1. The predicted molar refractivity (Wildman–Crippen MR) is 120 cm³/mol. The lowest BCUT2D eigenvalue weighted by molar-refractivity contribution is -0.120. The minimum Gasteiger partial charge on any atom is -0.484 e. The molecule has 0 saturated carbocycles. The molecule has 0 aliphatic rings. The monoisotopic (exact) mass is 456 g/mol. The van der Waals surface area contributed by atoms with Crippen molar-refractivity contribution in [3.8, 4) is 5.75 Å². The number of unbranched alkanes of at least 4 members (excludes halogenated alkanes) is 1. The highest BCUT2D eigenvalue weighted by Gasteiger charge is 2.24. The number of nitrogens with one attached hydrogen (secondary N) is 1. The second-order valence-electron chi connectivity index (χ2n) is 7.26. The molecule has 0 bridgehead atoms. The molecule has 30 heavy (non-hydrogen) atoms. The summed E-state index contributed by atoms with van der Waals surface area (Å²) in [6, 6.07) is 4.64. The summed E-state index contributed by atoms with van der Waals surface area (Å²) in [7, 11) is 0. The third-order valence-electron chi connectivity index (χ3n) is 4.32. The van der Waals surface area contributed by atoms with E-state index in [-0.39, 0.29) is 30.6 Å². The van der Waals surface area contributed by atoms with E-state index in [1.165, 1.54) is 15.5 Å². The van der Waals surface area contributed by atoms with Crippen LogP contribution in [0.15, 0.2) is 27.8 Å². The minimum atomic E-state index is -0.712. The highest BCUT2D eigenvalue weighted by atomic mass is 35.5. The van der Waals surface area contributed by atoms with E-state index in [4.69, 9.17) is 33.7 Å². The summed E-state index contributed by atoms with van der Waals surface area (Å²) in [4.78, 5) is 41.2. The maximum absolute atomic E-state index is 12.9. The fourth-order valence-corrected chi connectivity index (χ4v) is 3.14. The van der Waals surface area contributed by atoms with Gasteiger partial charge < -0.3 is 15.4 Å².